The normalized spacial score (nSPS) is 24.4. The third-order valence-corrected chi connectivity index (χ3v) is 10.5. The van der Waals surface area contributed by atoms with Gasteiger partial charge in [0.15, 0.2) is 23.0 Å². The maximum absolute atomic E-state index is 12.9. The van der Waals surface area contributed by atoms with Gasteiger partial charge in [0, 0.05) is 48.2 Å². The maximum atomic E-state index is 12.9. The smallest absolute Gasteiger partial charge is 0.375 e. The van der Waals surface area contributed by atoms with E-state index in [1.807, 2.05) is 16.8 Å². The van der Waals surface area contributed by atoms with E-state index in [9.17, 15) is 29.9 Å². The van der Waals surface area contributed by atoms with E-state index in [-0.39, 0.29) is 48.6 Å². The number of thioether (sulfide) groups is 1. The molecule has 5 heterocycles. The summed E-state index contributed by atoms with van der Waals surface area (Å²) >= 11 is 1.10. The number of hydrogen-bond acceptors (Lipinski definition) is 14. The molecule has 0 amide bonds. The van der Waals surface area contributed by atoms with Crippen LogP contribution < -0.4 is 18.9 Å². The number of esters is 2. The van der Waals surface area contributed by atoms with Crippen molar-refractivity contribution < 1.29 is 48.3 Å². The first-order valence-corrected chi connectivity index (χ1v) is 15.3. The van der Waals surface area contributed by atoms with Crippen molar-refractivity contribution >= 4 is 35.2 Å². The third-order valence-electron chi connectivity index (χ3n) is 9.24. The molecule has 0 aromatic heterocycles. The van der Waals surface area contributed by atoms with Gasteiger partial charge in [0.25, 0.3) is 0 Å². The predicted molar refractivity (Wildman–Crippen MR) is 157 cm³/mol. The van der Waals surface area contributed by atoms with Crippen LogP contribution in [0.2, 0.25) is 0 Å². The number of phenolic OH excluding ortho intramolecular Hbond substituents is 2. The van der Waals surface area contributed by atoms with E-state index in [1.165, 1.54) is 14.0 Å². The van der Waals surface area contributed by atoms with Gasteiger partial charge in [-0.25, -0.2) is 4.79 Å². The van der Waals surface area contributed by atoms with Crippen molar-refractivity contribution in [1.82, 2.24) is 9.80 Å². The Labute approximate surface area is 261 Å². The average molecular weight is 636 g/mol. The first-order chi connectivity index (χ1) is 21.5. The number of nitriles is 1. The van der Waals surface area contributed by atoms with Crippen molar-refractivity contribution in [2.45, 2.75) is 50.6 Å². The second-order valence-electron chi connectivity index (χ2n) is 11.5. The number of cyclic esters (lactones) is 1. The number of phenols is 2. The van der Waals surface area contributed by atoms with Gasteiger partial charge in [0.2, 0.25) is 12.6 Å². The van der Waals surface area contributed by atoms with Crippen LogP contribution in [0.5, 0.6) is 34.5 Å². The number of fused-ring (bicyclic) bond motifs is 9. The second-order valence-corrected chi connectivity index (χ2v) is 12.6. The van der Waals surface area contributed by atoms with E-state index in [1.54, 1.807) is 13.8 Å². The van der Waals surface area contributed by atoms with Crippen molar-refractivity contribution in [3.8, 4) is 40.6 Å². The van der Waals surface area contributed by atoms with E-state index in [0.29, 0.717) is 56.3 Å². The molecule has 0 aliphatic carbocycles. The molecule has 2 aromatic carbocycles. The van der Waals surface area contributed by atoms with Gasteiger partial charge in [0.1, 0.15) is 24.1 Å². The number of aromatic hydroxyl groups is 2. The topological polar surface area (TPSA) is 168 Å². The molecule has 234 valence electrons. The van der Waals surface area contributed by atoms with Crippen molar-refractivity contribution in [3.63, 3.8) is 0 Å². The molecule has 4 atom stereocenters. The second kappa shape index (κ2) is 10.1. The van der Waals surface area contributed by atoms with Crippen molar-refractivity contribution in [2.75, 3.05) is 33.3 Å². The molecule has 0 spiro atoms. The lowest BCUT2D eigenvalue weighted by Crippen LogP contribution is -2.60. The molecule has 7 rings (SSSR count). The quantitative estimate of drug-likeness (QED) is 0.214. The number of likely N-dealkylation sites (N-methyl/N-ethyl adjacent to an activating group) is 1. The number of benzene rings is 2. The number of ketones is 1. The average Bonchev–Trinajstić information content (AvgIpc) is 3.50. The van der Waals surface area contributed by atoms with Gasteiger partial charge in [-0.15, -0.1) is 11.8 Å². The Balaban J connectivity index is 1.65. The van der Waals surface area contributed by atoms with Crippen LogP contribution >= 0.6 is 11.8 Å². The van der Waals surface area contributed by atoms with E-state index in [4.69, 9.17) is 23.7 Å². The summed E-state index contributed by atoms with van der Waals surface area (Å²) in [6.45, 7) is 4.22. The lowest BCUT2D eigenvalue weighted by atomic mass is 9.77. The first kappa shape index (κ1) is 29.0. The van der Waals surface area contributed by atoms with Crippen LogP contribution in [0.4, 0.5) is 0 Å². The zero-order chi connectivity index (χ0) is 32.1. The van der Waals surface area contributed by atoms with E-state index >= 15 is 0 Å². The zero-order valence-electron chi connectivity index (χ0n) is 25.0. The van der Waals surface area contributed by atoms with Crippen molar-refractivity contribution in [1.29, 1.82) is 5.26 Å². The van der Waals surface area contributed by atoms with Crippen molar-refractivity contribution in [3.05, 3.63) is 39.1 Å². The summed E-state index contributed by atoms with van der Waals surface area (Å²) < 4.78 is 28.8. The summed E-state index contributed by atoms with van der Waals surface area (Å²) in [5.74, 6) is -1.82. The number of methoxy groups -OCH3 is 1. The molecule has 0 radical (unpaired) electrons. The molecule has 2 aromatic rings. The number of hydrogen-bond donors (Lipinski definition) is 2. The van der Waals surface area contributed by atoms with Crippen LogP contribution in [0.3, 0.4) is 0 Å². The molecule has 13 nitrogen and oxygen atoms in total. The molecule has 5 aliphatic heterocycles. The monoisotopic (exact) mass is 635 g/mol. The van der Waals surface area contributed by atoms with Gasteiger partial charge in [0.05, 0.1) is 53.2 Å². The lowest BCUT2D eigenvalue weighted by Gasteiger charge is -2.56. The molecule has 5 aliphatic rings. The minimum Gasteiger partial charge on any atom is -0.507 e. The summed E-state index contributed by atoms with van der Waals surface area (Å²) in [6.07, 6.45) is 0.210. The number of carbonyl (C=O) groups is 3. The van der Waals surface area contributed by atoms with Crippen LogP contribution in [0.1, 0.15) is 51.6 Å². The van der Waals surface area contributed by atoms with Crippen LogP contribution in [0.25, 0.3) is 5.70 Å². The molecular formula is C31H29N3O10S. The van der Waals surface area contributed by atoms with E-state index < -0.39 is 41.1 Å². The van der Waals surface area contributed by atoms with Gasteiger partial charge in [-0.1, -0.05) is 0 Å². The highest BCUT2D eigenvalue weighted by Crippen LogP contribution is 2.64. The summed E-state index contributed by atoms with van der Waals surface area (Å²) in [5.41, 5.74) is 3.68. The van der Waals surface area contributed by atoms with Gasteiger partial charge in [-0.05, 0) is 13.8 Å². The first-order valence-electron chi connectivity index (χ1n) is 14.2. The molecule has 1 fully saturated rings. The molecule has 0 saturated carbocycles. The van der Waals surface area contributed by atoms with Gasteiger partial charge < -0.3 is 43.7 Å². The fourth-order valence-electron chi connectivity index (χ4n) is 7.37. The molecule has 0 unspecified atom stereocenters. The number of nitrogens with zero attached hydrogens (tertiary/aromatic N) is 3. The Morgan fingerprint density at radius 3 is 2.49 bits per heavy atom. The Bertz CT molecular complexity index is 1810. The maximum Gasteiger partial charge on any atom is 0.375 e. The van der Waals surface area contributed by atoms with Crippen LogP contribution in [-0.4, -0.2) is 83.1 Å². The molecule has 14 heteroatoms. The van der Waals surface area contributed by atoms with Gasteiger partial charge >= 0.3 is 11.9 Å². The number of Topliss-reactive ketones (excluding diaryl/α,β-unsaturated/α-hetero) is 1. The Morgan fingerprint density at radius 1 is 1.07 bits per heavy atom. The summed E-state index contributed by atoms with van der Waals surface area (Å²) in [4.78, 5) is 41.9. The van der Waals surface area contributed by atoms with E-state index in [2.05, 4.69) is 6.07 Å². The van der Waals surface area contributed by atoms with Crippen LogP contribution in [-0.2, 0) is 25.5 Å². The highest BCUT2D eigenvalue weighted by molar-refractivity contribution is 8.00. The molecular weight excluding hydrogens is 606 g/mol. The largest absolute Gasteiger partial charge is 0.507 e. The van der Waals surface area contributed by atoms with Gasteiger partial charge in [-0.2, -0.15) is 5.26 Å². The molecule has 4 bridgehead atoms. The van der Waals surface area contributed by atoms with Gasteiger partial charge in [-0.3, -0.25) is 9.59 Å². The minimum atomic E-state index is -0.997. The highest BCUT2D eigenvalue weighted by atomic mass is 32.2. The Kier molecular flexibility index (Phi) is 6.52. The van der Waals surface area contributed by atoms with Crippen LogP contribution in [0.15, 0.2) is 5.70 Å². The number of carbonyl (C=O) groups excluding carboxylic acids is 3. The fraction of sp³-hybridized carbons (Fsp3) is 0.419. The number of rotatable bonds is 2. The molecule has 1 saturated heterocycles. The molecule has 45 heavy (non-hydrogen) atoms. The van der Waals surface area contributed by atoms with E-state index in [0.717, 1.165) is 11.8 Å². The standard InChI is InChI=1S/C31H29N3O10S/c1-11-24(37)14-6-15-16(7-32)34-17-8-41-31(39)18(36)9-45-30(23(34)22(33(15)4)19(14)25(38)27(11)40-5)21-20(17)29-28(42-10-43-29)12(2)26(21)44-13(3)35/h15-17,30,37-38H,6,8-10H2,1-5H3/t15-,16-,17-,30+/m0/s1. The predicted octanol–water partition coefficient (Wildman–Crippen LogP) is 2.77. The summed E-state index contributed by atoms with van der Waals surface area (Å²) in [7, 11) is 3.20. The minimum absolute atomic E-state index is 0.0528. The summed E-state index contributed by atoms with van der Waals surface area (Å²) in [5, 5.41) is 33.0. The van der Waals surface area contributed by atoms with Crippen LogP contribution in [0, 0.1) is 25.2 Å². The lowest BCUT2D eigenvalue weighted by molar-refractivity contribution is -0.154. The van der Waals surface area contributed by atoms with Crippen molar-refractivity contribution in [2.24, 2.45) is 0 Å². The fourth-order valence-corrected chi connectivity index (χ4v) is 8.59. The Morgan fingerprint density at radius 2 is 1.80 bits per heavy atom. The zero-order valence-corrected chi connectivity index (χ0v) is 25.9. The molecule has 2 N–H and O–H groups in total. The summed E-state index contributed by atoms with van der Waals surface area (Å²) in [6, 6.07) is 0.211. The SMILES string of the molecule is COc1c(C)c(O)c2c(c1O)C1=C3[C@@H]4SCC(=O)C(=O)OC[C@@H](c5c6c(c(C)c(OC(C)=O)c54)OCO6)N3[C@@H](C#N)[C@H](C2)N1C. The highest BCUT2D eigenvalue weighted by Gasteiger charge is 2.56. The Hall–Kier alpha value is -4.77. The number of ether oxygens (including phenoxy) is 5. The third kappa shape index (κ3) is 3.83.